The molecule has 0 aliphatic rings. The summed E-state index contributed by atoms with van der Waals surface area (Å²) < 4.78 is 25.0. The number of rotatable bonds is 9. The van der Waals surface area contributed by atoms with E-state index in [0.717, 1.165) is 5.56 Å². The SMILES string of the molecule is CCOc1cc(/C=C(\C#N)C(=O)Nc2ccc(F)cc2)cc(Br)c1OCC(=O)Nc1ccc(C)cc1. The van der Waals surface area contributed by atoms with Gasteiger partial charge in [0, 0.05) is 11.4 Å². The van der Waals surface area contributed by atoms with Gasteiger partial charge in [0.2, 0.25) is 0 Å². The number of hydrogen-bond acceptors (Lipinski definition) is 5. The summed E-state index contributed by atoms with van der Waals surface area (Å²) in [5, 5.41) is 14.8. The van der Waals surface area contributed by atoms with Gasteiger partial charge in [-0.15, -0.1) is 0 Å². The number of ether oxygens (including phenoxy) is 2. The van der Waals surface area contributed by atoms with E-state index in [4.69, 9.17) is 9.47 Å². The second-order valence-corrected chi connectivity index (χ2v) is 8.45. The number of halogens is 2. The average Bonchev–Trinajstić information content (AvgIpc) is 2.85. The van der Waals surface area contributed by atoms with Crippen LogP contribution in [-0.2, 0) is 9.59 Å². The van der Waals surface area contributed by atoms with Crippen LogP contribution in [0, 0.1) is 24.1 Å². The Morgan fingerprint density at radius 3 is 2.31 bits per heavy atom. The van der Waals surface area contributed by atoms with Crippen LogP contribution in [0.4, 0.5) is 15.8 Å². The van der Waals surface area contributed by atoms with Crippen molar-refractivity contribution in [1.29, 1.82) is 5.26 Å². The Bertz CT molecular complexity index is 1320. The van der Waals surface area contributed by atoms with Gasteiger partial charge in [-0.3, -0.25) is 9.59 Å². The van der Waals surface area contributed by atoms with Crippen molar-refractivity contribution in [2.75, 3.05) is 23.8 Å². The number of nitrogens with zero attached hydrogens (tertiary/aromatic N) is 1. The van der Waals surface area contributed by atoms with Crippen molar-refractivity contribution in [1.82, 2.24) is 0 Å². The molecule has 0 fully saturated rings. The van der Waals surface area contributed by atoms with Crippen molar-refractivity contribution in [3.05, 3.63) is 87.7 Å². The van der Waals surface area contributed by atoms with Crippen molar-refractivity contribution in [2.24, 2.45) is 0 Å². The lowest BCUT2D eigenvalue weighted by molar-refractivity contribution is -0.118. The minimum absolute atomic E-state index is 0.167. The van der Waals surface area contributed by atoms with E-state index < -0.39 is 11.7 Å². The molecular weight excluding hydrogens is 529 g/mol. The molecule has 9 heteroatoms. The van der Waals surface area contributed by atoms with Gasteiger partial charge in [-0.1, -0.05) is 17.7 Å². The maximum Gasteiger partial charge on any atom is 0.266 e. The van der Waals surface area contributed by atoms with E-state index in [0.29, 0.717) is 39.5 Å². The molecule has 0 saturated carbocycles. The Kier molecular flexibility index (Phi) is 9.19. The molecule has 7 nitrogen and oxygen atoms in total. The molecule has 0 spiro atoms. The van der Waals surface area contributed by atoms with E-state index in [1.807, 2.05) is 25.1 Å². The van der Waals surface area contributed by atoms with Crippen LogP contribution < -0.4 is 20.1 Å². The van der Waals surface area contributed by atoms with Crippen molar-refractivity contribution in [3.8, 4) is 17.6 Å². The Morgan fingerprint density at radius 1 is 1.03 bits per heavy atom. The molecule has 0 aliphatic heterocycles. The zero-order valence-electron chi connectivity index (χ0n) is 19.6. The standard InChI is InChI=1S/C27H23BrFN3O4/c1-3-35-24-14-18(12-19(15-30)27(34)32-22-10-6-20(29)7-11-22)13-23(28)26(24)36-16-25(33)31-21-8-4-17(2)5-9-21/h4-14H,3,16H2,1-2H3,(H,31,33)(H,32,34)/b19-12+. The highest BCUT2D eigenvalue weighted by Gasteiger charge is 2.16. The summed E-state index contributed by atoms with van der Waals surface area (Å²) in [4.78, 5) is 24.9. The van der Waals surface area contributed by atoms with E-state index in [2.05, 4.69) is 26.6 Å². The molecule has 0 aliphatic carbocycles. The fourth-order valence-corrected chi connectivity index (χ4v) is 3.67. The van der Waals surface area contributed by atoms with Gasteiger partial charge in [-0.25, -0.2) is 4.39 Å². The van der Waals surface area contributed by atoms with Gasteiger partial charge in [0.1, 0.15) is 17.5 Å². The third-order valence-corrected chi connectivity index (χ3v) is 5.38. The van der Waals surface area contributed by atoms with Crippen LogP contribution in [0.15, 0.2) is 70.7 Å². The molecule has 3 aromatic rings. The molecule has 0 saturated heterocycles. The van der Waals surface area contributed by atoms with Gasteiger partial charge >= 0.3 is 0 Å². The van der Waals surface area contributed by atoms with Crippen LogP contribution >= 0.6 is 15.9 Å². The summed E-state index contributed by atoms with van der Waals surface area (Å²) in [5.41, 5.74) is 2.41. The van der Waals surface area contributed by atoms with Gasteiger partial charge in [0.25, 0.3) is 11.8 Å². The fraction of sp³-hybridized carbons (Fsp3) is 0.148. The molecule has 36 heavy (non-hydrogen) atoms. The number of nitriles is 1. The summed E-state index contributed by atoms with van der Waals surface area (Å²) in [6.07, 6.45) is 1.39. The van der Waals surface area contributed by atoms with E-state index in [9.17, 15) is 19.2 Å². The molecule has 0 heterocycles. The summed E-state index contributed by atoms with van der Waals surface area (Å²) in [6, 6.07) is 17.7. The van der Waals surface area contributed by atoms with Gasteiger partial charge < -0.3 is 20.1 Å². The monoisotopic (exact) mass is 551 g/mol. The molecule has 3 rings (SSSR count). The molecule has 0 aromatic heterocycles. The lowest BCUT2D eigenvalue weighted by Gasteiger charge is -2.15. The largest absolute Gasteiger partial charge is 0.490 e. The molecule has 3 aromatic carbocycles. The molecule has 0 bridgehead atoms. The summed E-state index contributed by atoms with van der Waals surface area (Å²) in [5.74, 6) is -0.792. The Balaban J connectivity index is 1.76. The van der Waals surface area contributed by atoms with Crippen LogP contribution in [0.5, 0.6) is 11.5 Å². The third kappa shape index (κ3) is 7.42. The van der Waals surface area contributed by atoms with Crippen molar-refractivity contribution < 1.29 is 23.5 Å². The first-order valence-corrected chi connectivity index (χ1v) is 11.7. The normalized spacial score (nSPS) is 10.8. The lowest BCUT2D eigenvalue weighted by Crippen LogP contribution is -2.20. The Labute approximate surface area is 216 Å². The maximum atomic E-state index is 13.1. The van der Waals surface area contributed by atoms with Crippen molar-refractivity contribution in [2.45, 2.75) is 13.8 Å². The third-order valence-electron chi connectivity index (χ3n) is 4.79. The Morgan fingerprint density at radius 2 is 1.67 bits per heavy atom. The predicted molar refractivity (Wildman–Crippen MR) is 139 cm³/mol. The van der Waals surface area contributed by atoms with E-state index in [1.165, 1.54) is 30.3 Å². The number of nitrogens with one attached hydrogen (secondary N) is 2. The Hall–Kier alpha value is -4.16. The summed E-state index contributed by atoms with van der Waals surface area (Å²) in [6.45, 7) is 3.81. The molecule has 2 N–H and O–H groups in total. The fourth-order valence-electron chi connectivity index (χ4n) is 3.09. The number of aryl methyl sites for hydroxylation is 1. The molecule has 0 radical (unpaired) electrons. The highest BCUT2D eigenvalue weighted by molar-refractivity contribution is 9.10. The van der Waals surface area contributed by atoms with E-state index in [-0.39, 0.29) is 18.1 Å². The first kappa shape index (κ1) is 26.4. The molecule has 0 atom stereocenters. The zero-order chi connectivity index (χ0) is 26.1. The molecule has 0 unspecified atom stereocenters. The maximum absolute atomic E-state index is 13.1. The molecule has 2 amide bonds. The predicted octanol–water partition coefficient (Wildman–Crippen LogP) is 5.86. The quantitative estimate of drug-likeness (QED) is 0.256. The minimum Gasteiger partial charge on any atom is -0.490 e. The number of anilines is 2. The highest BCUT2D eigenvalue weighted by atomic mass is 79.9. The van der Waals surface area contributed by atoms with Crippen molar-refractivity contribution in [3.63, 3.8) is 0 Å². The number of benzene rings is 3. The number of hydrogen-bond donors (Lipinski definition) is 2. The van der Waals surface area contributed by atoms with Crippen LogP contribution in [-0.4, -0.2) is 25.0 Å². The van der Waals surface area contributed by atoms with Gasteiger partial charge in [0.15, 0.2) is 18.1 Å². The first-order valence-electron chi connectivity index (χ1n) is 10.9. The van der Waals surface area contributed by atoms with E-state index >= 15 is 0 Å². The van der Waals surface area contributed by atoms with Gasteiger partial charge in [0.05, 0.1) is 11.1 Å². The summed E-state index contributed by atoms with van der Waals surface area (Å²) >= 11 is 3.42. The van der Waals surface area contributed by atoms with Crippen LogP contribution in [0.3, 0.4) is 0 Å². The topological polar surface area (TPSA) is 100 Å². The van der Waals surface area contributed by atoms with Crippen LogP contribution in [0.25, 0.3) is 6.08 Å². The second kappa shape index (κ2) is 12.5. The van der Waals surface area contributed by atoms with Gasteiger partial charge in [-0.2, -0.15) is 5.26 Å². The summed E-state index contributed by atoms with van der Waals surface area (Å²) in [7, 11) is 0. The van der Waals surface area contributed by atoms with E-state index in [1.54, 1.807) is 31.2 Å². The van der Waals surface area contributed by atoms with Crippen LogP contribution in [0.1, 0.15) is 18.1 Å². The van der Waals surface area contributed by atoms with Gasteiger partial charge in [-0.05, 0) is 89.9 Å². The molecule has 184 valence electrons. The minimum atomic E-state index is -0.647. The number of carbonyl (C=O) groups is 2. The average molecular weight is 552 g/mol. The smallest absolute Gasteiger partial charge is 0.266 e. The zero-order valence-corrected chi connectivity index (χ0v) is 21.2. The first-order chi connectivity index (χ1) is 17.3. The number of amides is 2. The van der Waals surface area contributed by atoms with Crippen molar-refractivity contribution >= 4 is 45.2 Å². The second-order valence-electron chi connectivity index (χ2n) is 7.60. The lowest BCUT2D eigenvalue weighted by atomic mass is 10.1. The molecular formula is C27H23BrFN3O4. The number of carbonyl (C=O) groups excluding carboxylic acids is 2. The highest BCUT2D eigenvalue weighted by Crippen LogP contribution is 2.37. The van der Waals surface area contributed by atoms with Crippen LogP contribution in [0.2, 0.25) is 0 Å².